The van der Waals surface area contributed by atoms with Gasteiger partial charge in [-0.25, -0.2) is 9.78 Å². The lowest BCUT2D eigenvalue weighted by Gasteiger charge is -2.19. The number of imidazole rings is 1. The lowest BCUT2D eigenvalue weighted by Crippen LogP contribution is -2.26. The molecule has 3 N–H and O–H groups in total. The number of H-pyrrole nitrogens is 1. The van der Waals surface area contributed by atoms with Gasteiger partial charge in [-0.3, -0.25) is 4.90 Å². The topological polar surface area (TPSA) is 89.4 Å². The molecule has 0 spiro atoms. The number of carbonyl (C=O) groups is 1. The molecule has 0 saturated heterocycles. The molecule has 6 nitrogen and oxygen atoms in total. The molecule has 27 heavy (non-hydrogen) atoms. The monoisotopic (exact) mass is 365 g/mol. The summed E-state index contributed by atoms with van der Waals surface area (Å²) >= 11 is 0. The summed E-state index contributed by atoms with van der Waals surface area (Å²) in [6, 6.07) is 13.2. The molecule has 0 amide bonds. The highest BCUT2D eigenvalue weighted by Crippen LogP contribution is 2.25. The first-order valence-corrected chi connectivity index (χ1v) is 8.80. The van der Waals surface area contributed by atoms with Gasteiger partial charge in [-0.1, -0.05) is 30.3 Å². The van der Waals surface area contributed by atoms with Gasteiger partial charge in [0.2, 0.25) is 0 Å². The van der Waals surface area contributed by atoms with E-state index < -0.39 is 5.97 Å². The third-order valence-corrected chi connectivity index (χ3v) is 4.61. The molecule has 0 saturated carbocycles. The van der Waals surface area contributed by atoms with Gasteiger partial charge in [0.15, 0.2) is 0 Å². The first-order valence-electron chi connectivity index (χ1n) is 8.80. The van der Waals surface area contributed by atoms with Crippen molar-refractivity contribution >= 4 is 5.97 Å². The number of hydrogen-bond donors (Lipinski definition) is 3. The average Bonchev–Trinajstić information content (AvgIpc) is 3.19. The summed E-state index contributed by atoms with van der Waals surface area (Å²) < 4.78 is 0. The highest BCUT2D eigenvalue weighted by Gasteiger charge is 2.09. The lowest BCUT2D eigenvalue weighted by molar-refractivity contribution is 0.0697. The van der Waals surface area contributed by atoms with E-state index in [1.807, 2.05) is 42.2 Å². The van der Waals surface area contributed by atoms with Gasteiger partial charge in [0, 0.05) is 31.4 Å². The van der Waals surface area contributed by atoms with E-state index in [1.165, 1.54) is 0 Å². The molecule has 6 heteroatoms. The summed E-state index contributed by atoms with van der Waals surface area (Å²) in [6.45, 7) is 3.31. The Morgan fingerprint density at radius 3 is 2.59 bits per heavy atom. The zero-order valence-electron chi connectivity index (χ0n) is 15.2. The molecule has 0 aliphatic rings. The van der Waals surface area contributed by atoms with Crippen LogP contribution < -0.4 is 0 Å². The van der Waals surface area contributed by atoms with E-state index in [9.17, 15) is 15.0 Å². The van der Waals surface area contributed by atoms with E-state index in [0.717, 1.165) is 40.9 Å². The normalized spacial score (nSPS) is 11.1. The van der Waals surface area contributed by atoms with Crippen LogP contribution >= 0.6 is 0 Å². The van der Waals surface area contributed by atoms with Gasteiger partial charge in [0.25, 0.3) is 0 Å². The fourth-order valence-corrected chi connectivity index (χ4v) is 3.01. The number of hydrogen-bond acceptors (Lipinski definition) is 4. The predicted octanol–water partition coefficient (Wildman–Crippen LogP) is 3.08. The van der Waals surface area contributed by atoms with Crippen molar-refractivity contribution in [2.75, 3.05) is 13.3 Å². The van der Waals surface area contributed by atoms with E-state index in [4.69, 9.17) is 0 Å². The Morgan fingerprint density at radius 2 is 1.96 bits per heavy atom. The molecule has 0 aliphatic heterocycles. The third-order valence-electron chi connectivity index (χ3n) is 4.61. The van der Waals surface area contributed by atoms with E-state index in [1.54, 1.807) is 24.7 Å². The first-order chi connectivity index (χ1) is 13.1. The Balaban J connectivity index is 1.69. The number of benzene rings is 2. The SMILES string of the molecule is Cc1ccc(C(=O)O)cc1-c1ccc(CN(CO)CCc2cnc[nH]2)cc1. The van der Waals surface area contributed by atoms with Crippen molar-refractivity contribution in [2.24, 2.45) is 0 Å². The number of nitrogens with zero attached hydrogens (tertiary/aromatic N) is 2. The standard InChI is InChI=1S/C21H23N3O3/c1-15-2-5-18(21(26)27)10-20(15)17-6-3-16(4-7-17)12-24(14-25)9-8-19-11-22-13-23-19/h2-7,10-11,13,25H,8-9,12,14H2,1H3,(H,22,23)(H,26,27). The third kappa shape index (κ3) is 4.81. The molecule has 0 bridgehead atoms. The first kappa shape index (κ1) is 18.8. The Bertz CT molecular complexity index is 890. The highest BCUT2D eigenvalue weighted by atomic mass is 16.4. The van der Waals surface area contributed by atoms with Crippen LogP contribution in [0.1, 0.15) is 27.2 Å². The number of carboxylic acid groups (broad SMARTS) is 1. The second-order valence-electron chi connectivity index (χ2n) is 6.55. The summed E-state index contributed by atoms with van der Waals surface area (Å²) in [4.78, 5) is 20.2. The minimum atomic E-state index is -0.927. The maximum Gasteiger partial charge on any atom is 0.335 e. The number of rotatable bonds is 8. The van der Waals surface area contributed by atoms with Crippen molar-refractivity contribution in [2.45, 2.75) is 19.9 Å². The fourth-order valence-electron chi connectivity index (χ4n) is 3.01. The van der Waals surface area contributed by atoms with Gasteiger partial charge in [0.1, 0.15) is 0 Å². The molecule has 0 radical (unpaired) electrons. The van der Waals surface area contributed by atoms with Crippen molar-refractivity contribution in [3.63, 3.8) is 0 Å². The zero-order chi connectivity index (χ0) is 19.2. The maximum absolute atomic E-state index is 11.2. The number of aliphatic hydroxyl groups excluding tert-OH is 1. The smallest absolute Gasteiger partial charge is 0.335 e. The minimum Gasteiger partial charge on any atom is -0.478 e. The molecule has 1 heterocycles. The molecular formula is C21H23N3O3. The number of carboxylic acids is 1. The number of aliphatic hydroxyl groups is 1. The summed E-state index contributed by atoms with van der Waals surface area (Å²) in [5.41, 5.74) is 5.34. The molecule has 2 aromatic carbocycles. The van der Waals surface area contributed by atoms with Crippen LogP contribution in [0.3, 0.4) is 0 Å². The van der Waals surface area contributed by atoms with Crippen molar-refractivity contribution in [1.82, 2.24) is 14.9 Å². The van der Waals surface area contributed by atoms with Crippen molar-refractivity contribution < 1.29 is 15.0 Å². The Hall–Kier alpha value is -2.96. The van der Waals surface area contributed by atoms with Crippen LogP contribution in [0.2, 0.25) is 0 Å². The second kappa shape index (κ2) is 8.62. The molecule has 0 fully saturated rings. The summed E-state index contributed by atoms with van der Waals surface area (Å²) in [7, 11) is 0. The van der Waals surface area contributed by atoms with E-state index in [0.29, 0.717) is 6.54 Å². The van der Waals surface area contributed by atoms with Crippen LogP contribution in [0, 0.1) is 6.92 Å². The Labute approximate surface area is 158 Å². The molecule has 0 aliphatic carbocycles. The van der Waals surface area contributed by atoms with Crippen molar-refractivity contribution in [3.8, 4) is 11.1 Å². The molecule has 1 aromatic heterocycles. The number of aryl methyl sites for hydroxylation is 1. The number of aromatic nitrogens is 2. The van der Waals surface area contributed by atoms with Gasteiger partial charge in [-0.2, -0.15) is 0 Å². The Morgan fingerprint density at radius 1 is 1.19 bits per heavy atom. The highest BCUT2D eigenvalue weighted by molar-refractivity contribution is 5.90. The van der Waals surface area contributed by atoms with Gasteiger partial charge in [-0.15, -0.1) is 0 Å². The van der Waals surface area contributed by atoms with Crippen LogP contribution in [0.15, 0.2) is 55.0 Å². The van der Waals surface area contributed by atoms with Gasteiger partial charge in [-0.05, 0) is 41.3 Å². The average molecular weight is 365 g/mol. The largest absolute Gasteiger partial charge is 0.478 e. The van der Waals surface area contributed by atoms with Gasteiger partial charge < -0.3 is 15.2 Å². The minimum absolute atomic E-state index is 0.0182. The quantitative estimate of drug-likeness (QED) is 0.534. The van der Waals surface area contributed by atoms with Crippen LogP contribution in [-0.2, 0) is 13.0 Å². The maximum atomic E-state index is 11.2. The molecule has 0 atom stereocenters. The number of aromatic amines is 1. The van der Waals surface area contributed by atoms with Crippen LogP contribution in [0.25, 0.3) is 11.1 Å². The number of nitrogens with one attached hydrogen (secondary N) is 1. The van der Waals surface area contributed by atoms with Crippen molar-refractivity contribution in [3.05, 3.63) is 77.4 Å². The molecule has 0 unspecified atom stereocenters. The lowest BCUT2D eigenvalue weighted by atomic mass is 9.97. The molecular weight excluding hydrogens is 342 g/mol. The zero-order valence-corrected chi connectivity index (χ0v) is 15.2. The van der Waals surface area contributed by atoms with Crippen LogP contribution in [0.5, 0.6) is 0 Å². The predicted molar refractivity (Wildman–Crippen MR) is 103 cm³/mol. The second-order valence-corrected chi connectivity index (χ2v) is 6.55. The molecule has 3 aromatic rings. The van der Waals surface area contributed by atoms with Gasteiger partial charge >= 0.3 is 5.97 Å². The summed E-state index contributed by atoms with van der Waals surface area (Å²) in [6.07, 6.45) is 4.23. The molecule has 3 rings (SSSR count). The summed E-state index contributed by atoms with van der Waals surface area (Å²) in [5.74, 6) is -0.927. The van der Waals surface area contributed by atoms with E-state index in [2.05, 4.69) is 9.97 Å². The van der Waals surface area contributed by atoms with E-state index >= 15 is 0 Å². The Kier molecular flexibility index (Phi) is 6.01. The molecule has 140 valence electrons. The van der Waals surface area contributed by atoms with Crippen LogP contribution in [0.4, 0.5) is 0 Å². The fraction of sp³-hybridized carbons (Fsp3) is 0.238. The van der Waals surface area contributed by atoms with Crippen molar-refractivity contribution in [1.29, 1.82) is 0 Å². The van der Waals surface area contributed by atoms with Crippen LogP contribution in [-0.4, -0.2) is 44.3 Å². The van der Waals surface area contributed by atoms with Gasteiger partial charge in [0.05, 0.1) is 18.6 Å². The number of aromatic carboxylic acids is 1. The summed E-state index contributed by atoms with van der Waals surface area (Å²) in [5, 5.41) is 18.8. The van der Waals surface area contributed by atoms with E-state index in [-0.39, 0.29) is 12.3 Å².